The molecule has 0 bridgehead atoms. The van der Waals surface area contributed by atoms with Gasteiger partial charge in [-0.25, -0.2) is 0 Å². The van der Waals surface area contributed by atoms with Gasteiger partial charge in [-0.3, -0.25) is 4.79 Å². The monoisotopic (exact) mass is 197 g/mol. The van der Waals surface area contributed by atoms with E-state index in [2.05, 4.69) is 10.0 Å². The molecule has 14 heavy (non-hydrogen) atoms. The van der Waals surface area contributed by atoms with E-state index in [1.807, 2.05) is 0 Å². The predicted molar refractivity (Wildman–Crippen MR) is 48.2 cm³/mol. The Hall–Kier alpha value is -1.52. The highest BCUT2D eigenvalue weighted by atomic mass is 16.6. The number of carbonyl (C=O) groups excluding carboxylic acids is 1. The van der Waals surface area contributed by atoms with Crippen LogP contribution in [0.15, 0.2) is 17.3 Å². The SMILES string of the molecule is CC(=O)O[C@H]1C=C[C@@H](N=[N+]=[N-])O[C@H]1C. The van der Waals surface area contributed by atoms with E-state index in [-0.39, 0.29) is 12.1 Å². The zero-order valence-corrected chi connectivity index (χ0v) is 7.95. The van der Waals surface area contributed by atoms with Crippen molar-refractivity contribution in [2.45, 2.75) is 32.3 Å². The van der Waals surface area contributed by atoms with Crippen LogP contribution in [0.2, 0.25) is 0 Å². The Bertz CT molecular complexity index is 296. The Kier molecular flexibility index (Phi) is 3.50. The van der Waals surface area contributed by atoms with Gasteiger partial charge < -0.3 is 9.47 Å². The lowest BCUT2D eigenvalue weighted by Crippen LogP contribution is -2.35. The van der Waals surface area contributed by atoms with Gasteiger partial charge in [0.1, 0.15) is 6.10 Å². The van der Waals surface area contributed by atoms with Gasteiger partial charge >= 0.3 is 5.97 Å². The Morgan fingerprint density at radius 2 is 2.36 bits per heavy atom. The van der Waals surface area contributed by atoms with E-state index in [9.17, 15) is 4.79 Å². The van der Waals surface area contributed by atoms with Gasteiger partial charge in [-0.05, 0) is 18.5 Å². The van der Waals surface area contributed by atoms with Crippen LogP contribution >= 0.6 is 0 Å². The number of hydrogen-bond acceptors (Lipinski definition) is 4. The molecule has 76 valence electrons. The summed E-state index contributed by atoms with van der Waals surface area (Å²) < 4.78 is 10.2. The van der Waals surface area contributed by atoms with Crippen molar-refractivity contribution < 1.29 is 14.3 Å². The van der Waals surface area contributed by atoms with Crippen molar-refractivity contribution in [3.8, 4) is 0 Å². The quantitative estimate of drug-likeness (QED) is 0.221. The zero-order valence-electron chi connectivity index (χ0n) is 7.95. The molecule has 0 fully saturated rings. The summed E-state index contributed by atoms with van der Waals surface area (Å²) in [5, 5.41) is 3.38. The fraction of sp³-hybridized carbons (Fsp3) is 0.625. The van der Waals surface area contributed by atoms with Crippen LogP contribution in [0.1, 0.15) is 13.8 Å². The number of azide groups is 1. The van der Waals surface area contributed by atoms with Crippen LogP contribution in [0.5, 0.6) is 0 Å². The lowest BCUT2D eigenvalue weighted by molar-refractivity contribution is -0.152. The predicted octanol–water partition coefficient (Wildman–Crippen LogP) is 1.53. The smallest absolute Gasteiger partial charge is 0.303 e. The van der Waals surface area contributed by atoms with E-state index >= 15 is 0 Å². The summed E-state index contributed by atoms with van der Waals surface area (Å²) in [7, 11) is 0. The van der Waals surface area contributed by atoms with Crippen LogP contribution in [0.4, 0.5) is 0 Å². The fourth-order valence-corrected chi connectivity index (χ4v) is 1.15. The Labute approximate surface area is 81.1 Å². The highest BCUT2D eigenvalue weighted by Gasteiger charge is 2.24. The zero-order chi connectivity index (χ0) is 10.6. The third kappa shape index (κ3) is 2.76. The summed E-state index contributed by atoms with van der Waals surface area (Å²) in [4.78, 5) is 13.3. The second-order valence-electron chi connectivity index (χ2n) is 2.90. The molecule has 0 aliphatic carbocycles. The van der Waals surface area contributed by atoms with Gasteiger partial charge in [-0.1, -0.05) is 11.2 Å². The molecule has 0 aromatic heterocycles. The minimum atomic E-state index is -0.609. The first-order valence-corrected chi connectivity index (χ1v) is 4.18. The molecule has 0 saturated carbocycles. The van der Waals surface area contributed by atoms with E-state index < -0.39 is 12.3 Å². The first kappa shape index (κ1) is 10.6. The minimum absolute atomic E-state index is 0.306. The molecule has 0 amide bonds. The lowest BCUT2D eigenvalue weighted by Gasteiger charge is -2.27. The van der Waals surface area contributed by atoms with Crippen molar-refractivity contribution >= 4 is 5.97 Å². The van der Waals surface area contributed by atoms with E-state index in [0.29, 0.717) is 0 Å². The van der Waals surface area contributed by atoms with Crippen LogP contribution in [-0.2, 0) is 14.3 Å². The summed E-state index contributed by atoms with van der Waals surface area (Å²) in [6.07, 6.45) is 1.90. The maximum Gasteiger partial charge on any atom is 0.303 e. The van der Waals surface area contributed by atoms with Crippen LogP contribution in [0, 0.1) is 0 Å². The number of ether oxygens (including phenoxy) is 2. The Morgan fingerprint density at radius 1 is 1.64 bits per heavy atom. The van der Waals surface area contributed by atoms with Crippen molar-refractivity contribution in [3.63, 3.8) is 0 Å². The third-order valence-corrected chi connectivity index (χ3v) is 1.75. The highest BCUT2D eigenvalue weighted by Crippen LogP contribution is 2.16. The molecule has 3 atom stereocenters. The second-order valence-corrected chi connectivity index (χ2v) is 2.90. The third-order valence-electron chi connectivity index (χ3n) is 1.75. The number of carbonyl (C=O) groups is 1. The van der Waals surface area contributed by atoms with Gasteiger partial charge in [0.25, 0.3) is 0 Å². The number of hydrogen-bond donors (Lipinski definition) is 0. The minimum Gasteiger partial charge on any atom is -0.456 e. The van der Waals surface area contributed by atoms with Gasteiger partial charge in [0.15, 0.2) is 6.23 Å². The fourth-order valence-electron chi connectivity index (χ4n) is 1.15. The molecule has 0 spiro atoms. The van der Waals surface area contributed by atoms with Crippen LogP contribution in [0.25, 0.3) is 10.4 Å². The van der Waals surface area contributed by atoms with Crippen molar-refractivity contribution in [1.29, 1.82) is 0 Å². The largest absolute Gasteiger partial charge is 0.456 e. The van der Waals surface area contributed by atoms with E-state index in [1.54, 1.807) is 19.1 Å². The van der Waals surface area contributed by atoms with Crippen LogP contribution < -0.4 is 0 Å². The molecule has 0 aromatic carbocycles. The van der Waals surface area contributed by atoms with Crippen LogP contribution in [0.3, 0.4) is 0 Å². The van der Waals surface area contributed by atoms with Gasteiger partial charge in [-0.15, -0.1) is 0 Å². The summed E-state index contributed by atoms with van der Waals surface area (Å²) in [5.41, 5.74) is 8.18. The normalized spacial score (nSPS) is 30.6. The topological polar surface area (TPSA) is 84.3 Å². The van der Waals surface area contributed by atoms with Crippen molar-refractivity contribution in [2.24, 2.45) is 5.11 Å². The Balaban J connectivity index is 2.62. The lowest BCUT2D eigenvalue weighted by atomic mass is 10.1. The molecule has 6 heteroatoms. The van der Waals surface area contributed by atoms with Crippen molar-refractivity contribution in [1.82, 2.24) is 0 Å². The van der Waals surface area contributed by atoms with Gasteiger partial charge in [-0.2, -0.15) is 0 Å². The highest BCUT2D eigenvalue weighted by molar-refractivity contribution is 5.66. The van der Waals surface area contributed by atoms with Crippen molar-refractivity contribution in [3.05, 3.63) is 22.6 Å². The first-order valence-electron chi connectivity index (χ1n) is 4.18. The molecule has 0 radical (unpaired) electrons. The summed E-state index contributed by atoms with van der Waals surface area (Å²) >= 11 is 0. The maximum absolute atomic E-state index is 10.7. The number of rotatable bonds is 2. The molecule has 0 saturated heterocycles. The average molecular weight is 197 g/mol. The molecule has 0 unspecified atom stereocenters. The molecule has 0 aromatic rings. The van der Waals surface area contributed by atoms with Crippen molar-refractivity contribution in [2.75, 3.05) is 0 Å². The van der Waals surface area contributed by atoms with E-state index in [0.717, 1.165) is 0 Å². The molecule has 1 aliphatic heterocycles. The molecular formula is C8H11N3O3. The molecular weight excluding hydrogens is 186 g/mol. The second kappa shape index (κ2) is 4.64. The van der Waals surface area contributed by atoms with Gasteiger partial charge in [0.05, 0.1) is 6.10 Å². The first-order chi connectivity index (χ1) is 6.63. The van der Waals surface area contributed by atoms with Crippen LogP contribution in [-0.4, -0.2) is 24.4 Å². The molecule has 6 nitrogen and oxygen atoms in total. The van der Waals surface area contributed by atoms with E-state index in [4.69, 9.17) is 15.0 Å². The van der Waals surface area contributed by atoms with Gasteiger partial charge in [0.2, 0.25) is 0 Å². The molecule has 1 aliphatic rings. The number of esters is 1. The standard InChI is InChI=1S/C8H11N3O3/c1-5-7(14-6(2)12)3-4-8(13-5)10-11-9/h3-5,7-8H,1-2H3/t5-,7-,8-/m0/s1. The number of nitrogens with zero attached hydrogens (tertiary/aromatic N) is 3. The summed E-state index contributed by atoms with van der Waals surface area (Å²) in [6.45, 7) is 3.08. The molecule has 0 N–H and O–H groups in total. The molecule has 1 heterocycles. The van der Waals surface area contributed by atoms with Gasteiger partial charge in [0, 0.05) is 11.8 Å². The Morgan fingerprint density at radius 3 is 2.86 bits per heavy atom. The average Bonchev–Trinajstić information content (AvgIpc) is 2.10. The van der Waals surface area contributed by atoms with E-state index in [1.165, 1.54) is 6.92 Å². The summed E-state index contributed by atoms with van der Waals surface area (Å²) in [5.74, 6) is -0.364. The maximum atomic E-state index is 10.7. The molecule has 1 rings (SSSR count). The summed E-state index contributed by atoms with van der Waals surface area (Å²) in [6, 6.07) is 0.